The minimum Gasteiger partial charge on any atom is -0.462 e. The Hall–Kier alpha value is -3.49. The Morgan fingerprint density at radius 3 is 2.66 bits per heavy atom. The van der Waals surface area contributed by atoms with E-state index in [-0.39, 0.29) is 11.6 Å². The van der Waals surface area contributed by atoms with Crippen LogP contribution in [0.25, 0.3) is 0 Å². The van der Waals surface area contributed by atoms with Crippen LogP contribution in [0.3, 0.4) is 0 Å². The molecule has 1 aromatic carbocycles. The molecule has 0 bridgehead atoms. The summed E-state index contributed by atoms with van der Waals surface area (Å²) in [6.45, 7) is 4.37. The second-order valence-electron chi connectivity index (χ2n) is 6.57. The lowest BCUT2D eigenvalue weighted by atomic mass is 10.1. The predicted octanol–water partition coefficient (Wildman–Crippen LogP) is 2.52. The van der Waals surface area contributed by atoms with Gasteiger partial charge in [0.25, 0.3) is 11.6 Å². The molecule has 9 nitrogen and oxygen atoms in total. The first-order chi connectivity index (χ1) is 14.0. The number of non-ortho nitro benzene ring substituents is 1. The molecule has 1 fully saturated rings. The molecule has 0 spiro atoms. The Balaban J connectivity index is 1.66. The summed E-state index contributed by atoms with van der Waals surface area (Å²) in [5.41, 5.74) is 0.607. The predicted molar refractivity (Wildman–Crippen MR) is 106 cm³/mol. The highest BCUT2D eigenvalue weighted by Crippen LogP contribution is 2.18. The van der Waals surface area contributed by atoms with Crippen molar-refractivity contribution >= 4 is 23.4 Å². The maximum absolute atomic E-state index is 12.8. The van der Waals surface area contributed by atoms with Crippen molar-refractivity contribution in [2.75, 3.05) is 37.7 Å². The molecule has 1 aliphatic rings. The zero-order valence-corrected chi connectivity index (χ0v) is 16.1. The second kappa shape index (κ2) is 9.13. The topological polar surface area (TPSA) is 106 Å². The van der Waals surface area contributed by atoms with Crippen LogP contribution in [0.1, 0.15) is 34.1 Å². The summed E-state index contributed by atoms with van der Waals surface area (Å²) >= 11 is 0. The maximum atomic E-state index is 12.8. The number of esters is 1. The van der Waals surface area contributed by atoms with Crippen molar-refractivity contribution in [3.8, 4) is 0 Å². The van der Waals surface area contributed by atoms with Crippen LogP contribution in [0.5, 0.6) is 0 Å². The number of ether oxygens (including phenoxy) is 1. The molecular weight excluding hydrogens is 376 g/mol. The Morgan fingerprint density at radius 1 is 1.14 bits per heavy atom. The number of anilines is 1. The van der Waals surface area contributed by atoms with Crippen molar-refractivity contribution in [1.29, 1.82) is 0 Å². The number of carbonyl (C=O) groups excluding carboxylic acids is 2. The van der Waals surface area contributed by atoms with E-state index in [0.717, 1.165) is 12.2 Å². The lowest BCUT2D eigenvalue weighted by Gasteiger charge is -2.23. The summed E-state index contributed by atoms with van der Waals surface area (Å²) in [4.78, 5) is 43.1. The molecule has 0 radical (unpaired) electrons. The number of amides is 1. The molecule has 0 unspecified atom stereocenters. The standard InChI is InChI=1S/C20H22N4O5/c1-2-29-20(26)16-7-8-18(21-14-16)22-9-4-10-23(12-11-22)19(25)15-5-3-6-17(13-15)24(27)28/h3,5-8,13-14H,2,4,9-12H2,1H3. The first kappa shape index (κ1) is 20.2. The largest absolute Gasteiger partial charge is 0.462 e. The zero-order valence-electron chi connectivity index (χ0n) is 16.1. The average Bonchev–Trinajstić information content (AvgIpc) is 3.00. The van der Waals surface area contributed by atoms with E-state index in [1.165, 1.54) is 24.4 Å². The Kier molecular flexibility index (Phi) is 6.38. The molecular formula is C20H22N4O5. The number of pyridine rings is 1. The van der Waals surface area contributed by atoms with Crippen molar-refractivity contribution in [3.05, 3.63) is 63.8 Å². The number of benzene rings is 1. The molecule has 152 valence electrons. The van der Waals surface area contributed by atoms with Crippen LogP contribution >= 0.6 is 0 Å². The van der Waals surface area contributed by atoms with E-state index in [1.54, 1.807) is 30.0 Å². The van der Waals surface area contributed by atoms with Gasteiger partial charge in [-0.2, -0.15) is 0 Å². The number of nitro benzene ring substituents is 1. The number of carbonyl (C=O) groups is 2. The van der Waals surface area contributed by atoms with Crippen molar-refractivity contribution < 1.29 is 19.2 Å². The van der Waals surface area contributed by atoms with E-state index < -0.39 is 10.9 Å². The summed E-state index contributed by atoms with van der Waals surface area (Å²) in [6.07, 6.45) is 2.23. The number of aromatic nitrogens is 1. The van der Waals surface area contributed by atoms with Crippen LogP contribution in [0, 0.1) is 10.1 Å². The Bertz CT molecular complexity index is 900. The Morgan fingerprint density at radius 2 is 1.97 bits per heavy atom. The number of nitro groups is 1. The maximum Gasteiger partial charge on any atom is 0.339 e. The summed E-state index contributed by atoms with van der Waals surface area (Å²) in [7, 11) is 0. The SMILES string of the molecule is CCOC(=O)c1ccc(N2CCCN(C(=O)c3cccc([N+](=O)[O-])c3)CC2)nc1. The van der Waals surface area contributed by atoms with Crippen molar-refractivity contribution in [2.45, 2.75) is 13.3 Å². The highest BCUT2D eigenvalue weighted by molar-refractivity contribution is 5.95. The fraction of sp³-hybridized carbons (Fsp3) is 0.350. The van der Waals surface area contributed by atoms with Crippen LogP contribution in [-0.2, 0) is 4.74 Å². The molecule has 1 amide bonds. The lowest BCUT2D eigenvalue weighted by molar-refractivity contribution is -0.384. The Labute approximate surface area is 168 Å². The molecule has 1 aliphatic heterocycles. The summed E-state index contributed by atoms with van der Waals surface area (Å²) in [5, 5.41) is 10.9. The molecule has 29 heavy (non-hydrogen) atoms. The molecule has 0 atom stereocenters. The molecule has 1 saturated heterocycles. The summed E-state index contributed by atoms with van der Waals surface area (Å²) < 4.78 is 4.96. The van der Waals surface area contributed by atoms with Gasteiger partial charge in [0.05, 0.1) is 17.1 Å². The van der Waals surface area contributed by atoms with E-state index in [2.05, 4.69) is 9.88 Å². The number of nitrogens with zero attached hydrogens (tertiary/aromatic N) is 4. The third kappa shape index (κ3) is 4.87. The van der Waals surface area contributed by atoms with Gasteiger partial charge in [-0.15, -0.1) is 0 Å². The highest BCUT2D eigenvalue weighted by atomic mass is 16.6. The fourth-order valence-corrected chi connectivity index (χ4v) is 3.19. The minimum atomic E-state index is -0.507. The zero-order chi connectivity index (χ0) is 20.8. The van der Waals surface area contributed by atoms with Gasteiger partial charge in [0.1, 0.15) is 5.82 Å². The van der Waals surface area contributed by atoms with Crippen molar-refractivity contribution in [1.82, 2.24) is 9.88 Å². The van der Waals surface area contributed by atoms with E-state index in [9.17, 15) is 19.7 Å². The van der Waals surface area contributed by atoms with Crippen LogP contribution in [0.4, 0.5) is 11.5 Å². The molecule has 3 rings (SSSR count). The quantitative estimate of drug-likeness (QED) is 0.433. The number of hydrogen-bond acceptors (Lipinski definition) is 7. The van der Waals surface area contributed by atoms with Gasteiger partial charge in [-0.25, -0.2) is 9.78 Å². The smallest absolute Gasteiger partial charge is 0.339 e. The molecule has 2 heterocycles. The van der Waals surface area contributed by atoms with Crippen LogP contribution < -0.4 is 4.90 Å². The van der Waals surface area contributed by atoms with Crippen molar-refractivity contribution in [3.63, 3.8) is 0 Å². The fourth-order valence-electron chi connectivity index (χ4n) is 3.19. The molecule has 9 heteroatoms. The number of rotatable bonds is 5. The van der Waals surface area contributed by atoms with Crippen LogP contribution in [-0.4, -0.2) is 59.5 Å². The normalized spacial score (nSPS) is 14.2. The van der Waals surface area contributed by atoms with Crippen molar-refractivity contribution in [2.24, 2.45) is 0 Å². The molecule has 0 aliphatic carbocycles. The van der Waals surface area contributed by atoms with Crippen LogP contribution in [0.2, 0.25) is 0 Å². The van der Waals surface area contributed by atoms with Gasteiger partial charge in [0.15, 0.2) is 0 Å². The van der Waals surface area contributed by atoms with Gasteiger partial charge >= 0.3 is 5.97 Å². The van der Waals surface area contributed by atoms with Gasteiger partial charge in [-0.3, -0.25) is 14.9 Å². The number of hydrogen-bond donors (Lipinski definition) is 0. The summed E-state index contributed by atoms with van der Waals surface area (Å²) in [6, 6.07) is 9.23. The second-order valence-corrected chi connectivity index (χ2v) is 6.57. The van der Waals surface area contributed by atoms with E-state index in [4.69, 9.17) is 4.74 Å². The van der Waals surface area contributed by atoms with E-state index >= 15 is 0 Å². The summed E-state index contributed by atoms with van der Waals surface area (Å²) in [5.74, 6) is 0.0972. The van der Waals surface area contributed by atoms with E-state index in [1.807, 2.05) is 0 Å². The van der Waals surface area contributed by atoms with E-state index in [0.29, 0.717) is 43.9 Å². The average molecular weight is 398 g/mol. The van der Waals surface area contributed by atoms with Crippen LogP contribution in [0.15, 0.2) is 42.6 Å². The van der Waals surface area contributed by atoms with Gasteiger partial charge in [-0.1, -0.05) is 6.07 Å². The first-order valence-electron chi connectivity index (χ1n) is 9.41. The molecule has 2 aromatic rings. The lowest BCUT2D eigenvalue weighted by Crippen LogP contribution is -2.35. The highest BCUT2D eigenvalue weighted by Gasteiger charge is 2.22. The monoisotopic (exact) mass is 398 g/mol. The van der Waals surface area contributed by atoms with Gasteiger partial charge < -0.3 is 14.5 Å². The third-order valence-electron chi connectivity index (χ3n) is 4.67. The first-order valence-corrected chi connectivity index (χ1v) is 9.41. The minimum absolute atomic E-state index is 0.0989. The molecule has 0 saturated carbocycles. The third-order valence-corrected chi connectivity index (χ3v) is 4.67. The van der Waals surface area contributed by atoms with Gasteiger partial charge in [0.2, 0.25) is 0 Å². The molecule has 1 aromatic heterocycles. The molecule has 0 N–H and O–H groups in total. The van der Waals surface area contributed by atoms with Gasteiger partial charge in [0, 0.05) is 50.1 Å². The van der Waals surface area contributed by atoms with Gasteiger partial charge in [-0.05, 0) is 31.5 Å².